The summed E-state index contributed by atoms with van der Waals surface area (Å²) in [6, 6.07) is 11.7. The number of pyridine rings is 1. The van der Waals surface area contributed by atoms with Crippen LogP contribution >= 0.6 is 11.8 Å². The molecule has 0 atom stereocenters. The molecule has 1 N–H and O–H groups in total. The third-order valence-electron chi connectivity index (χ3n) is 3.31. The van der Waals surface area contributed by atoms with E-state index in [1.165, 1.54) is 30.9 Å². The molecule has 0 radical (unpaired) electrons. The first-order valence-electron chi connectivity index (χ1n) is 7.18. The van der Waals surface area contributed by atoms with Gasteiger partial charge in [-0.2, -0.15) is 4.73 Å². The molecule has 0 saturated carbocycles. The monoisotopic (exact) mass is 342 g/mol. The molecule has 0 fully saturated rings. The zero-order valence-corrected chi connectivity index (χ0v) is 13.6. The SMILES string of the molecule is CC(=O)Nc1ccc2c(CSc3cccc[n+]3[O-])cc(=O)oc2c1. The fourth-order valence-electron chi connectivity index (χ4n) is 2.31. The Labute approximate surface area is 141 Å². The minimum absolute atomic E-state index is 0.201. The Bertz CT molecular complexity index is 968. The van der Waals surface area contributed by atoms with Crippen LogP contribution in [0.4, 0.5) is 5.69 Å². The van der Waals surface area contributed by atoms with Gasteiger partial charge >= 0.3 is 5.63 Å². The highest BCUT2D eigenvalue weighted by atomic mass is 32.2. The Morgan fingerprint density at radius 2 is 2.12 bits per heavy atom. The summed E-state index contributed by atoms with van der Waals surface area (Å²) in [6.07, 6.45) is 1.43. The predicted octanol–water partition coefficient (Wildman–Crippen LogP) is 2.68. The third kappa shape index (κ3) is 3.57. The zero-order chi connectivity index (χ0) is 17.1. The normalized spacial score (nSPS) is 10.7. The van der Waals surface area contributed by atoms with Gasteiger partial charge in [0.15, 0.2) is 6.20 Å². The first kappa shape index (κ1) is 16.1. The molecule has 0 spiro atoms. The van der Waals surface area contributed by atoms with Crippen molar-refractivity contribution in [2.75, 3.05) is 5.32 Å². The number of amides is 1. The number of carbonyl (C=O) groups excluding carboxylic acids is 1. The van der Waals surface area contributed by atoms with Crippen LogP contribution in [0.3, 0.4) is 0 Å². The molecule has 0 aliphatic carbocycles. The van der Waals surface area contributed by atoms with Crippen LogP contribution in [0.25, 0.3) is 11.0 Å². The van der Waals surface area contributed by atoms with Gasteiger partial charge in [-0.3, -0.25) is 4.79 Å². The van der Waals surface area contributed by atoms with Crippen molar-refractivity contribution in [1.29, 1.82) is 0 Å². The van der Waals surface area contributed by atoms with E-state index < -0.39 is 5.63 Å². The van der Waals surface area contributed by atoms with Crippen molar-refractivity contribution in [2.24, 2.45) is 0 Å². The Balaban J connectivity index is 1.94. The summed E-state index contributed by atoms with van der Waals surface area (Å²) >= 11 is 1.34. The average molecular weight is 342 g/mol. The van der Waals surface area contributed by atoms with Gasteiger partial charge in [-0.25, -0.2) is 4.79 Å². The van der Waals surface area contributed by atoms with Crippen molar-refractivity contribution in [3.05, 3.63) is 69.9 Å². The second-order valence-corrected chi connectivity index (χ2v) is 6.13. The molecule has 122 valence electrons. The van der Waals surface area contributed by atoms with E-state index in [9.17, 15) is 14.8 Å². The molecular formula is C17H14N2O4S. The van der Waals surface area contributed by atoms with E-state index >= 15 is 0 Å². The van der Waals surface area contributed by atoms with Crippen LogP contribution in [0.2, 0.25) is 0 Å². The van der Waals surface area contributed by atoms with E-state index in [4.69, 9.17) is 4.42 Å². The number of aromatic nitrogens is 1. The van der Waals surface area contributed by atoms with Gasteiger partial charge in [-0.15, -0.1) is 0 Å². The number of hydrogen-bond acceptors (Lipinski definition) is 5. The van der Waals surface area contributed by atoms with E-state index in [2.05, 4.69) is 5.32 Å². The maximum absolute atomic E-state index is 11.8. The maximum Gasteiger partial charge on any atom is 0.336 e. The molecule has 3 rings (SSSR count). The third-order valence-corrected chi connectivity index (χ3v) is 4.38. The fourth-order valence-corrected chi connectivity index (χ4v) is 3.21. The molecule has 6 nitrogen and oxygen atoms in total. The van der Waals surface area contributed by atoms with Crippen LogP contribution in [0.1, 0.15) is 12.5 Å². The minimum atomic E-state index is -0.471. The highest BCUT2D eigenvalue weighted by Gasteiger charge is 2.10. The Hall–Kier alpha value is -2.80. The van der Waals surface area contributed by atoms with Gasteiger partial charge in [-0.1, -0.05) is 11.8 Å². The van der Waals surface area contributed by atoms with Crippen LogP contribution in [0, 0.1) is 5.21 Å². The number of nitrogens with one attached hydrogen (secondary N) is 1. The molecule has 7 heteroatoms. The quantitative estimate of drug-likeness (QED) is 0.341. The highest BCUT2D eigenvalue weighted by molar-refractivity contribution is 7.98. The summed E-state index contributed by atoms with van der Waals surface area (Å²) in [7, 11) is 0. The molecule has 2 aromatic heterocycles. The Kier molecular flexibility index (Phi) is 4.52. The molecule has 1 amide bonds. The smallest absolute Gasteiger partial charge is 0.336 e. The number of anilines is 1. The number of rotatable bonds is 4. The lowest BCUT2D eigenvalue weighted by Crippen LogP contribution is -2.27. The molecule has 0 aliphatic heterocycles. The van der Waals surface area contributed by atoms with Gasteiger partial charge in [0.1, 0.15) is 5.58 Å². The van der Waals surface area contributed by atoms with E-state index in [0.717, 1.165) is 15.7 Å². The molecule has 1 aromatic carbocycles. The summed E-state index contributed by atoms with van der Waals surface area (Å²) in [5.41, 5.74) is 1.25. The van der Waals surface area contributed by atoms with Gasteiger partial charge in [-0.05, 0) is 23.8 Å². The fraction of sp³-hybridized carbons (Fsp3) is 0.118. The van der Waals surface area contributed by atoms with Crippen molar-refractivity contribution in [1.82, 2.24) is 0 Å². The van der Waals surface area contributed by atoms with Gasteiger partial charge in [0.2, 0.25) is 5.91 Å². The maximum atomic E-state index is 11.8. The summed E-state index contributed by atoms with van der Waals surface area (Å²) in [5.74, 6) is 0.251. The second kappa shape index (κ2) is 6.76. The van der Waals surface area contributed by atoms with Gasteiger partial charge in [0.05, 0.1) is 0 Å². The summed E-state index contributed by atoms with van der Waals surface area (Å²) in [5, 5.41) is 15.7. The zero-order valence-electron chi connectivity index (χ0n) is 12.8. The molecular weight excluding hydrogens is 328 g/mol. The van der Waals surface area contributed by atoms with Crippen molar-refractivity contribution in [2.45, 2.75) is 17.7 Å². The number of nitrogens with zero attached hydrogens (tertiary/aromatic N) is 1. The molecule has 3 aromatic rings. The molecule has 0 aliphatic rings. The number of carbonyl (C=O) groups is 1. The average Bonchev–Trinajstić information content (AvgIpc) is 2.52. The van der Waals surface area contributed by atoms with Crippen LogP contribution < -0.4 is 15.7 Å². The van der Waals surface area contributed by atoms with Crippen molar-refractivity contribution in [3.63, 3.8) is 0 Å². The van der Waals surface area contributed by atoms with Crippen LogP contribution in [0.5, 0.6) is 0 Å². The molecule has 0 bridgehead atoms. The van der Waals surface area contributed by atoms with Crippen molar-refractivity contribution >= 4 is 34.3 Å². The number of benzene rings is 1. The van der Waals surface area contributed by atoms with Crippen LogP contribution in [0.15, 0.2) is 62.9 Å². The van der Waals surface area contributed by atoms with E-state index in [0.29, 0.717) is 22.0 Å². The lowest BCUT2D eigenvalue weighted by molar-refractivity contribution is -0.645. The van der Waals surface area contributed by atoms with Crippen molar-refractivity contribution in [3.8, 4) is 0 Å². The molecule has 2 heterocycles. The summed E-state index contributed by atoms with van der Waals surface area (Å²) < 4.78 is 6.00. The minimum Gasteiger partial charge on any atom is -0.618 e. The van der Waals surface area contributed by atoms with Crippen LogP contribution in [-0.2, 0) is 10.5 Å². The molecule has 0 unspecified atom stereocenters. The summed E-state index contributed by atoms with van der Waals surface area (Å²) in [4.78, 5) is 22.9. The first-order valence-corrected chi connectivity index (χ1v) is 8.17. The number of hydrogen-bond donors (Lipinski definition) is 1. The number of thioether (sulfide) groups is 1. The lowest BCUT2D eigenvalue weighted by atomic mass is 10.1. The summed E-state index contributed by atoms with van der Waals surface area (Å²) in [6.45, 7) is 1.41. The highest BCUT2D eigenvalue weighted by Crippen LogP contribution is 2.26. The van der Waals surface area contributed by atoms with E-state index in [1.807, 2.05) is 0 Å². The van der Waals surface area contributed by atoms with Gasteiger partial charge in [0.25, 0.3) is 5.03 Å². The predicted molar refractivity (Wildman–Crippen MR) is 91.8 cm³/mol. The van der Waals surface area contributed by atoms with Gasteiger partial charge in [0, 0.05) is 48.0 Å². The standard InChI is InChI=1S/C17H14N2O4S/c1-11(20)18-13-5-6-14-12(8-17(21)23-15(14)9-13)10-24-16-4-2-3-7-19(16)22/h2-9H,10H2,1H3,(H,18,20). The largest absolute Gasteiger partial charge is 0.618 e. The lowest BCUT2D eigenvalue weighted by Gasteiger charge is -2.07. The number of fused-ring (bicyclic) bond motifs is 1. The van der Waals surface area contributed by atoms with Gasteiger partial charge < -0.3 is 14.9 Å². The Morgan fingerprint density at radius 3 is 2.88 bits per heavy atom. The molecule has 0 saturated heterocycles. The van der Waals surface area contributed by atoms with E-state index in [-0.39, 0.29) is 5.91 Å². The van der Waals surface area contributed by atoms with Crippen molar-refractivity contribution < 1.29 is 13.9 Å². The topological polar surface area (TPSA) is 86.3 Å². The molecule has 24 heavy (non-hydrogen) atoms. The van der Waals surface area contributed by atoms with Crippen LogP contribution in [-0.4, -0.2) is 5.91 Å². The van der Waals surface area contributed by atoms with E-state index in [1.54, 1.807) is 36.4 Å². The Morgan fingerprint density at radius 1 is 1.29 bits per heavy atom. The first-order chi connectivity index (χ1) is 11.5. The second-order valence-electron chi connectivity index (χ2n) is 5.14.